The van der Waals surface area contributed by atoms with Crippen LogP contribution in [0.1, 0.15) is 22.5 Å². The number of thiophene rings is 1. The first kappa shape index (κ1) is 15.9. The smallest absolute Gasteiger partial charge is 0.263 e. The lowest BCUT2D eigenvalue weighted by Crippen LogP contribution is -2.41. The van der Waals surface area contributed by atoms with Crippen molar-refractivity contribution >= 4 is 40.7 Å². The van der Waals surface area contributed by atoms with Crippen molar-refractivity contribution in [3.8, 4) is 0 Å². The van der Waals surface area contributed by atoms with E-state index in [4.69, 9.17) is 11.6 Å². The van der Waals surface area contributed by atoms with Gasteiger partial charge in [-0.15, -0.1) is 21.5 Å². The van der Waals surface area contributed by atoms with Crippen molar-refractivity contribution in [2.45, 2.75) is 12.8 Å². The number of carbonyl (C=O) groups is 2. The quantitative estimate of drug-likeness (QED) is 0.915. The Labute approximate surface area is 142 Å². The molecule has 0 radical (unpaired) electrons. The van der Waals surface area contributed by atoms with Gasteiger partial charge in [0.25, 0.3) is 5.91 Å². The molecule has 3 rings (SSSR count). The number of hydrogen-bond acceptors (Lipinski definition) is 5. The summed E-state index contributed by atoms with van der Waals surface area (Å²) in [5, 5.41) is 10.3. The first-order valence-corrected chi connectivity index (χ1v) is 8.43. The minimum Gasteiger partial charge on any atom is -0.338 e. The molecule has 1 aliphatic rings. The van der Waals surface area contributed by atoms with Crippen molar-refractivity contribution in [1.82, 2.24) is 19.7 Å². The molecular formula is C14H16ClN5O2S. The van der Waals surface area contributed by atoms with E-state index in [2.05, 4.69) is 15.5 Å². The molecule has 0 atom stereocenters. The summed E-state index contributed by atoms with van der Waals surface area (Å²) in [5.41, 5.74) is 0. The molecule has 0 unspecified atom stereocenters. The highest BCUT2D eigenvalue weighted by Crippen LogP contribution is 2.25. The van der Waals surface area contributed by atoms with Crippen LogP contribution in [0.15, 0.2) is 18.5 Å². The average Bonchev–Trinajstić information content (AvgIpc) is 3.16. The summed E-state index contributed by atoms with van der Waals surface area (Å²) >= 11 is 7.15. The van der Waals surface area contributed by atoms with Crippen LogP contribution >= 0.6 is 22.9 Å². The maximum absolute atomic E-state index is 12.3. The number of aryl methyl sites for hydroxylation is 1. The fourth-order valence-corrected chi connectivity index (χ4v) is 3.55. The van der Waals surface area contributed by atoms with Gasteiger partial charge in [-0.1, -0.05) is 11.6 Å². The Balaban J connectivity index is 1.55. The number of carbonyl (C=O) groups excluding carboxylic acids is 2. The molecule has 1 fully saturated rings. The molecule has 0 saturated carbocycles. The van der Waals surface area contributed by atoms with Gasteiger partial charge < -0.3 is 9.47 Å². The van der Waals surface area contributed by atoms with Crippen LogP contribution < -0.4 is 5.32 Å². The van der Waals surface area contributed by atoms with E-state index in [1.807, 2.05) is 0 Å². The Morgan fingerprint density at radius 2 is 2.09 bits per heavy atom. The molecule has 0 spiro atoms. The lowest BCUT2D eigenvalue weighted by Gasteiger charge is -2.30. The van der Waals surface area contributed by atoms with Gasteiger partial charge in [0.2, 0.25) is 11.9 Å². The third-order valence-electron chi connectivity index (χ3n) is 3.88. The first-order valence-electron chi connectivity index (χ1n) is 7.24. The van der Waals surface area contributed by atoms with Crippen LogP contribution in [-0.2, 0) is 11.8 Å². The second-order valence-corrected chi connectivity index (χ2v) is 7.14. The van der Waals surface area contributed by atoms with Gasteiger partial charge in [0.05, 0.1) is 9.21 Å². The number of amides is 2. The molecule has 23 heavy (non-hydrogen) atoms. The summed E-state index contributed by atoms with van der Waals surface area (Å²) in [6.07, 6.45) is 2.80. The van der Waals surface area contributed by atoms with E-state index in [-0.39, 0.29) is 17.7 Å². The zero-order valence-corrected chi connectivity index (χ0v) is 14.1. The van der Waals surface area contributed by atoms with Gasteiger partial charge in [-0.05, 0) is 25.0 Å². The van der Waals surface area contributed by atoms with Gasteiger partial charge in [-0.3, -0.25) is 14.9 Å². The van der Waals surface area contributed by atoms with E-state index < -0.39 is 0 Å². The number of hydrogen-bond donors (Lipinski definition) is 1. The molecule has 9 heteroatoms. The maximum Gasteiger partial charge on any atom is 0.263 e. The molecule has 0 bridgehead atoms. The fraction of sp³-hybridized carbons (Fsp3) is 0.429. The van der Waals surface area contributed by atoms with Gasteiger partial charge in [0, 0.05) is 26.1 Å². The number of anilines is 1. The Kier molecular flexibility index (Phi) is 4.63. The van der Waals surface area contributed by atoms with Crippen LogP contribution in [0, 0.1) is 5.92 Å². The third kappa shape index (κ3) is 3.53. The minimum atomic E-state index is -0.123. The van der Waals surface area contributed by atoms with Crippen molar-refractivity contribution in [3.05, 3.63) is 27.7 Å². The van der Waals surface area contributed by atoms with Crippen LogP contribution in [0.2, 0.25) is 4.34 Å². The summed E-state index contributed by atoms with van der Waals surface area (Å²) in [6, 6.07) is 3.46. The maximum atomic E-state index is 12.3. The summed E-state index contributed by atoms with van der Waals surface area (Å²) in [4.78, 5) is 27.0. The molecule has 1 saturated heterocycles. The van der Waals surface area contributed by atoms with E-state index in [9.17, 15) is 9.59 Å². The summed E-state index contributed by atoms with van der Waals surface area (Å²) in [7, 11) is 1.77. The molecule has 2 aromatic heterocycles. The fourth-order valence-electron chi connectivity index (χ4n) is 2.54. The van der Waals surface area contributed by atoms with Crippen LogP contribution in [-0.4, -0.2) is 44.6 Å². The van der Waals surface area contributed by atoms with Gasteiger partial charge >= 0.3 is 0 Å². The zero-order chi connectivity index (χ0) is 16.4. The molecule has 1 N–H and O–H groups in total. The van der Waals surface area contributed by atoms with E-state index in [0.717, 1.165) is 0 Å². The highest BCUT2D eigenvalue weighted by Gasteiger charge is 2.28. The number of halogens is 1. The third-order valence-corrected chi connectivity index (χ3v) is 5.10. The predicted octanol–water partition coefficient (Wildman–Crippen LogP) is 2.02. The Bertz CT molecular complexity index is 720. The van der Waals surface area contributed by atoms with Gasteiger partial charge in [-0.2, -0.15) is 0 Å². The molecule has 2 amide bonds. The Morgan fingerprint density at radius 1 is 1.35 bits per heavy atom. The molecule has 3 heterocycles. The van der Waals surface area contributed by atoms with Crippen LogP contribution in [0.4, 0.5) is 5.95 Å². The monoisotopic (exact) mass is 353 g/mol. The number of rotatable bonds is 3. The van der Waals surface area contributed by atoms with Crippen LogP contribution in [0.5, 0.6) is 0 Å². The highest BCUT2D eigenvalue weighted by atomic mass is 35.5. The number of nitrogens with zero attached hydrogens (tertiary/aromatic N) is 4. The van der Waals surface area contributed by atoms with Crippen LogP contribution in [0.3, 0.4) is 0 Å². The Morgan fingerprint density at radius 3 is 2.65 bits per heavy atom. The lowest BCUT2D eigenvalue weighted by atomic mass is 9.96. The van der Waals surface area contributed by atoms with Gasteiger partial charge in [0.1, 0.15) is 6.33 Å². The standard InChI is InChI=1S/C14H16ClN5O2S/c1-19-8-16-18-14(19)17-12(21)9-4-6-20(7-5-9)13(22)10-2-3-11(15)23-10/h2-3,8-9H,4-7H2,1H3,(H,17,18,21). The van der Waals surface area contributed by atoms with Crippen molar-refractivity contribution in [2.75, 3.05) is 18.4 Å². The Hall–Kier alpha value is -1.93. The van der Waals surface area contributed by atoms with Crippen molar-refractivity contribution in [3.63, 3.8) is 0 Å². The average molecular weight is 354 g/mol. The summed E-state index contributed by atoms with van der Waals surface area (Å²) in [6.45, 7) is 1.12. The minimum absolute atomic E-state index is 0.0194. The second-order valence-electron chi connectivity index (χ2n) is 5.42. The normalized spacial score (nSPS) is 15.7. The predicted molar refractivity (Wildman–Crippen MR) is 87.6 cm³/mol. The summed E-state index contributed by atoms with van der Waals surface area (Å²) in [5.74, 6) is 0.214. The lowest BCUT2D eigenvalue weighted by molar-refractivity contribution is -0.121. The molecule has 1 aliphatic heterocycles. The molecule has 122 valence electrons. The van der Waals surface area contributed by atoms with E-state index in [1.54, 1.807) is 28.6 Å². The molecule has 7 nitrogen and oxygen atoms in total. The highest BCUT2D eigenvalue weighted by molar-refractivity contribution is 7.17. The SMILES string of the molecule is Cn1cnnc1NC(=O)C1CCN(C(=O)c2ccc(Cl)s2)CC1. The van der Waals surface area contributed by atoms with E-state index in [1.165, 1.54) is 17.7 Å². The van der Waals surface area contributed by atoms with Gasteiger partial charge in [0.15, 0.2) is 0 Å². The molecule has 0 aliphatic carbocycles. The summed E-state index contributed by atoms with van der Waals surface area (Å²) < 4.78 is 2.25. The molecule has 0 aromatic carbocycles. The van der Waals surface area contributed by atoms with Crippen LogP contribution in [0.25, 0.3) is 0 Å². The largest absolute Gasteiger partial charge is 0.338 e. The van der Waals surface area contributed by atoms with E-state index in [0.29, 0.717) is 41.1 Å². The van der Waals surface area contributed by atoms with Crippen molar-refractivity contribution in [1.29, 1.82) is 0 Å². The van der Waals surface area contributed by atoms with Gasteiger partial charge in [-0.25, -0.2) is 0 Å². The number of nitrogens with one attached hydrogen (secondary N) is 1. The zero-order valence-electron chi connectivity index (χ0n) is 12.5. The molecule has 2 aromatic rings. The number of piperidine rings is 1. The molecular weight excluding hydrogens is 338 g/mol. The van der Waals surface area contributed by atoms with E-state index >= 15 is 0 Å². The van der Waals surface area contributed by atoms with Crippen molar-refractivity contribution < 1.29 is 9.59 Å². The second kappa shape index (κ2) is 6.67. The number of aromatic nitrogens is 3. The topological polar surface area (TPSA) is 80.1 Å². The number of likely N-dealkylation sites (tertiary alicyclic amines) is 1. The first-order chi connectivity index (χ1) is 11.0. The van der Waals surface area contributed by atoms with Crippen molar-refractivity contribution in [2.24, 2.45) is 13.0 Å².